The first kappa shape index (κ1) is 15.9. The van der Waals surface area contributed by atoms with Crippen LogP contribution in [0.25, 0.3) is 0 Å². The van der Waals surface area contributed by atoms with Crippen molar-refractivity contribution in [2.45, 2.75) is 5.41 Å². The summed E-state index contributed by atoms with van der Waals surface area (Å²) in [5, 5.41) is 8.31. The zero-order valence-electron chi connectivity index (χ0n) is 12.8. The van der Waals surface area contributed by atoms with Crippen LogP contribution in [0.3, 0.4) is 0 Å². The Hall–Kier alpha value is -3.01. The number of hydrogen-bond donors (Lipinski definition) is 2. The van der Waals surface area contributed by atoms with E-state index in [1.165, 1.54) is 24.3 Å². The van der Waals surface area contributed by atoms with Crippen molar-refractivity contribution >= 4 is 5.84 Å². The van der Waals surface area contributed by atoms with Gasteiger partial charge in [0.05, 0.1) is 0 Å². The third-order valence-corrected chi connectivity index (χ3v) is 4.17. The monoisotopic (exact) mass is 322 g/mol. The summed E-state index contributed by atoms with van der Waals surface area (Å²) in [7, 11) is 0. The maximum atomic E-state index is 13.4. The average Bonchev–Trinajstić information content (AvgIpc) is 2.59. The second kappa shape index (κ2) is 6.24. The number of nitrogens with two attached hydrogens (primary N) is 1. The molecule has 0 saturated heterocycles. The highest BCUT2D eigenvalue weighted by molar-refractivity contribution is 5.96. The zero-order valence-corrected chi connectivity index (χ0v) is 12.8. The van der Waals surface area contributed by atoms with Gasteiger partial charge in [-0.05, 0) is 41.0 Å². The molecule has 4 heteroatoms. The average molecular weight is 322 g/mol. The lowest BCUT2D eigenvalue weighted by Crippen LogP contribution is -2.43. The highest BCUT2D eigenvalue weighted by atomic mass is 19.1. The van der Waals surface area contributed by atoms with E-state index in [2.05, 4.69) is 0 Å². The van der Waals surface area contributed by atoms with E-state index in [0.29, 0.717) is 11.1 Å². The molecule has 0 bridgehead atoms. The minimum Gasteiger partial charge on any atom is -0.386 e. The van der Waals surface area contributed by atoms with Crippen molar-refractivity contribution in [2.75, 3.05) is 0 Å². The first-order chi connectivity index (χ1) is 11.5. The lowest BCUT2D eigenvalue weighted by molar-refractivity contribution is 0.624. The fourth-order valence-corrected chi connectivity index (χ4v) is 3.05. The molecular formula is C20H16F2N2. The number of amidine groups is 1. The third kappa shape index (κ3) is 2.56. The third-order valence-electron chi connectivity index (χ3n) is 4.17. The van der Waals surface area contributed by atoms with Gasteiger partial charge in [0, 0.05) is 0 Å². The minimum absolute atomic E-state index is 0.119. The standard InChI is InChI=1S/C20H16F2N2/c21-17-10-6-15(7-11-17)20(19(23)24,14-4-2-1-3-5-14)16-8-12-18(22)13-9-16/h1-13H,(H3,23,24). The Kier molecular flexibility index (Phi) is 4.13. The molecule has 0 unspecified atom stereocenters. The molecule has 3 rings (SSSR count). The maximum Gasteiger partial charge on any atom is 0.123 e. The van der Waals surface area contributed by atoms with Gasteiger partial charge >= 0.3 is 0 Å². The molecule has 0 heterocycles. The second-order valence-electron chi connectivity index (χ2n) is 5.54. The van der Waals surface area contributed by atoms with Crippen LogP contribution in [0.5, 0.6) is 0 Å². The smallest absolute Gasteiger partial charge is 0.123 e. The Labute approximate surface area is 139 Å². The van der Waals surface area contributed by atoms with Gasteiger partial charge in [-0.3, -0.25) is 5.41 Å². The zero-order chi connectivity index (χ0) is 17.2. The summed E-state index contributed by atoms with van der Waals surface area (Å²) in [6, 6.07) is 21.0. The normalized spacial score (nSPS) is 11.2. The summed E-state index contributed by atoms with van der Waals surface area (Å²) in [5.74, 6) is -0.862. The largest absolute Gasteiger partial charge is 0.386 e. The van der Waals surface area contributed by atoms with Crippen molar-refractivity contribution in [1.29, 1.82) is 5.41 Å². The molecule has 0 amide bonds. The Morgan fingerprint density at radius 2 is 1.04 bits per heavy atom. The van der Waals surface area contributed by atoms with Crippen LogP contribution in [0.2, 0.25) is 0 Å². The van der Waals surface area contributed by atoms with Crippen LogP contribution in [-0.4, -0.2) is 5.84 Å². The molecule has 0 atom stereocenters. The highest BCUT2D eigenvalue weighted by Gasteiger charge is 2.39. The van der Waals surface area contributed by atoms with Crippen molar-refractivity contribution in [1.82, 2.24) is 0 Å². The summed E-state index contributed by atoms with van der Waals surface area (Å²) in [6.07, 6.45) is 0. The molecule has 3 N–H and O–H groups in total. The molecule has 0 saturated carbocycles. The van der Waals surface area contributed by atoms with Crippen molar-refractivity contribution in [3.8, 4) is 0 Å². The number of benzene rings is 3. The van der Waals surface area contributed by atoms with E-state index in [1.807, 2.05) is 30.3 Å². The van der Waals surface area contributed by atoms with E-state index < -0.39 is 5.41 Å². The van der Waals surface area contributed by atoms with Crippen molar-refractivity contribution < 1.29 is 8.78 Å². The molecule has 0 aromatic heterocycles. The fraction of sp³-hybridized carbons (Fsp3) is 0.0500. The SMILES string of the molecule is N=C(N)C(c1ccccc1)(c1ccc(F)cc1)c1ccc(F)cc1. The lowest BCUT2D eigenvalue weighted by Gasteiger charge is -2.34. The Bertz CT molecular complexity index is 796. The summed E-state index contributed by atoms with van der Waals surface area (Å²) in [6.45, 7) is 0. The molecule has 0 aliphatic heterocycles. The van der Waals surface area contributed by atoms with Crippen LogP contribution in [0, 0.1) is 17.0 Å². The second-order valence-corrected chi connectivity index (χ2v) is 5.54. The first-order valence-corrected chi connectivity index (χ1v) is 7.47. The molecular weight excluding hydrogens is 306 g/mol. The van der Waals surface area contributed by atoms with Gasteiger partial charge in [-0.1, -0.05) is 54.6 Å². The van der Waals surface area contributed by atoms with Crippen LogP contribution in [0.4, 0.5) is 8.78 Å². The molecule has 0 radical (unpaired) electrons. The van der Waals surface area contributed by atoms with Gasteiger partial charge < -0.3 is 5.73 Å². The molecule has 24 heavy (non-hydrogen) atoms. The lowest BCUT2D eigenvalue weighted by atomic mass is 9.68. The molecule has 0 spiro atoms. The maximum absolute atomic E-state index is 13.4. The summed E-state index contributed by atoms with van der Waals surface area (Å²) >= 11 is 0. The van der Waals surface area contributed by atoms with E-state index in [1.54, 1.807) is 24.3 Å². The number of nitrogens with one attached hydrogen (secondary N) is 1. The van der Waals surface area contributed by atoms with Crippen LogP contribution >= 0.6 is 0 Å². The van der Waals surface area contributed by atoms with Gasteiger partial charge in [0.1, 0.15) is 22.9 Å². The van der Waals surface area contributed by atoms with Crippen LogP contribution in [0.15, 0.2) is 78.9 Å². The van der Waals surface area contributed by atoms with Crippen LogP contribution in [-0.2, 0) is 5.41 Å². The van der Waals surface area contributed by atoms with Gasteiger partial charge in [-0.15, -0.1) is 0 Å². The van der Waals surface area contributed by atoms with Gasteiger partial charge in [0.2, 0.25) is 0 Å². The molecule has 0 fully saturated rings. The topological polar surface area (TPSA) is 49.9 Å². The quantitative estimate of drug-likeness (QED) is 0.421. The Morgan fingerprint density at radius 1 is 0.667 bits per heavy atom. The summed E-state index contributed by atoms with van der Waals surface area (Å²) in [5.41, 5.74) is 6.99. The Morgan fingerprint density at radius 3 is 1.42 bits per heavy atom. The predicted molar refractivity (Wildman–Crippen MR) is 91.0 cm³/mol. The van der Waals surface area contributed by atoms with Crippen molar-refractivity contribution in [2.24, 2.45) is 5.73 Å². The number of rotatable bonds is 4. The van der Waals surface area contributed by atoms with Crippen molar-refractivity contribution in [3.05, 3.63) is 107 Å². The molecule has 2 nitrogen and oxygen atoms in total. The molecule has 120 valence electrons. The van der Waals surface area contributed by atoms with Crippen molar-refractivity contribution in [3.63, 3.8) is 0 Å². The number of hydrogen-bond acceptors (Lipinski definition) is 1. The van der Waals surface area contributed by atoms with Crippen LogP contribution in [0.1, 0.15) is 16.7 Å². The van der Waals surface area contributed by atoms with E-state index in [0.717, 1.165) is 5.56 Å². The van der Waals surface area contributed by atoms with Crippen LogP contribution < -0.4 is 5.73 Å². The van der Waals surface area contributed by atoms with E-state index in [9.17, 15) is 8.78 Å². The van der Waals surface area contributed by atoms with Gasteiger partial charge in [-0.2, -0.15) is 0 Å². The van der Waals surface area contributed by atoms with Gasteiger partial charge in [-0.25, -0.2) is 8.78 Å². The fourth-order valence-electron chi connectivity index (χ4n) is 3.05. The van der Waals surface area contributed by atoms with E-state index >= 15 is 0 Å². The summed E-state index contributed by atoms with van der Waals surface area (Å²) in [4.78, 5) is 0. The van der Waals surface area contributed by atoms with Gasteiger partial charge in [0.25, 0.3) is 0 Å². The number of halogens is 2. The minimum atomic E-state index is -1.11. The molecule has 3 aromatic carbocycles. The van der Waals surface area contributed by atoms with E-state index in [4.69, 9.17) is 11.1 Å². The molecule has 3 aromatic rings. The predicted octanol–water partition coefficient (Wildman–Crippen LogP) is 4.24. The molecule has 0 aliphatic rings. The molecule has 0 aliphatic carbocycles. The Balaban J connectivity index is 2.35. The summed E-state index contributed by atoms with van der Waals surface area (Å²) < 4.78 is 26.8. The highest BCUT2D eigenvalue weighted by Crippen LogP contribution is 2.39. The first-order valence-electron chi connectivity index (χ1n) is 7.47. The van der Waals surface area contributed by atoms with E-state index in [-0.39, 0.29) is 17.5 Å². The van der Waals surface area contributed by atoms with Gasteiger partial charge in [0.15, 0.2) is 0 Å².